The van der Waals surface area contributed by atoms with Crippen molar-refractivity contribution in [2.45, 2.75) is 19.4 Å². The number of non-ortho nitro benzene ring substituents is 1. The Hall–Kier alpha value is -4.66. The first-order valence-corrected chi connectivity index (χ1v) is 11.3. The number of hydrogen-bond acceptors (Lipinski definition) is 7. The van der Waals surface area contributed by atoms with Gasteiger partial charge in [-0.1, -0.05) is 37.3 Å². The summed E-state index contributed by atoms with van der Waals surface area (Å²) in [6.07, 6.45) is 0.834. The van der Waals surface area contributed by atoms with Crippen LogP contribution in [0.1, 0.15) is 30.5 Å². The van der Waals surface area contributed by atoms with E-state index in [1.807, 2.05) is 6.92 Å². The molecule has 1 saturated heterocycles. The molecule has 1 fully saturated rings. The Morgan fingerprint density at radius 1 is 1.03 bits per heavy atom. The predicted molar refractivity (Wildman–Crippen MR) is 133 cm³/mol. The average molecular weight is 488 g/mol. The van der Waals surface area contributed by atoms with Crippen LogP contribution >= 0.6 is 0 Å². The second kappa shape index (κ2) is 10.3. The van der Waals surface area contributed by atoms with Crippen LogP contribution in [0.25, 0.3) is 5.76 Å². The molecule has 0 bridgehead atoms. The van der Waals surface area contributed by atoms with E-state index >= 15 is 0 Å². The Morgan fingerprint density at radius 3 is 2.42 bits per heavy atom. The van der Waals surface area contributed by atoms with Crippen molar-refractivity contribution in [3.05, 3.63) is 99.6 Å². The number of ketones is 1. The van der Waals surface area contributed by atoms with Crippen molar-refractivity contribution in [2.75, 3.05) is 18.6 Å². The summed E-state index contributed by atoms with van der Waals surface area (Å²) in [4.78, 5) is 38.5. The minimum absolute atomic E-state index is 0.0562. The van der Waals surface area contributed by atoms with Crippen molar-refractivity contribution in [1.29, 1.82) is 0 Å². The van der Waals surface area contributed by atoms with E-state index < -0.39 is 28.4 Å². The monoisotopic (exact) mass is 488 g/mol. The lowest BCUT2D eigenvalue weighted by Gasteiger charge is -2.26. The van der Waals surface area contributed by atoms with Crippen LogP contribution in [0.15, 0.2) is 78.4 Å². The molecule has 1 unspecified atom stereocenters. The predicted octanol–water partition coefficient (Wildman–Crippen LogP) is 5.02. The van der Waals surface area contributed by atoms with Gasteiger partial charge in [0.05, 0.1) is 30.3 Å². The van der Waals surface area contributed by atoms with Gasteiger partial charge in [0.25, 0.3) is 17.4 Å². The fourth-order valence-electron chi connectivity index (χ4n) is 4.06. The maximum absolute atomic E-state index is 13.3. The molecule has 0 aromatic heterocycles. The third-order valence-electron chi connectivity index (χ3n) is 5.78. The van der Waals surface area contributed by atoms with Crippen LogP contribution in [0.5, 0.6) is 11.5 Å². The fraction of sp³-hybridized carbons (Fsp3) is 0.185. The van der Waals surface area contributed by atoms with Gasteiger partial charge in [0, 0.05) is 29.4 Å². The first-order chi connectivity index (χ1) is 17.3. The molecule has 0 aliphatic carbocycles. The number of hydrogen-bond donors (Lipinski definition) is 1. The minimum Gasteiger partial charge on any atom is -0.507 e. The summed E-state index contributed by atoms with van der Waals surface area (Å²) >= 11 is 0. The second-order valence-corrected chi connectivity index (χ2v) is 8.10. The number of rotatable bonds is 8. The molecule has 1 aliphatic rings. The molecule has 1 atom stereocenters. The largest absolute Gasteiger partial charge is 0.507 e. The van der Waals surface area contributed by atoms with Crippen molar-refractivity contribution < 1.29 is 29.1 Å². The molecule has 4 rings (SSSR count). The quantitative estimate of drug-likeness (QED) is 0.155. The SMILES string of the molecule is CCCOc1ccc(C2/C(=C(/O)c3cccc([N+](=O)[O-])c3)C(=O)C(=O)N2c2cccc(OC)c2)cc1. The van der Waals surface area contributed by atoms with E-state index in [-0.39, 0.29) is 16.8 Å². The van der Waals surface area contributed by atoms with Crippen LogP contribution in [0.4, 0.5) is 11.4 Å². The van der Waals surface area contributed by atoms with Crippen molar-refractivity contribution in [3.8, 4) is 11.5 Å². The van der Waals surface area contributed by atoms with Crippen molar-refractivity contribution in [2.24, 2.45) is 0 Å². The third kappa shape index (κ3) is 4.63. The lowest BCUT2D eigenvalue weighted by atomic mass is 9.95. The number of Topliss-reactive ketones (excluding diaryl/α,β-unsaturated/α-hetero) is 1. The molecule has 1 heterocycles. The smallest absolute Gasteiger partial charge is 0.300 e. The standard InChI is InChI=1S/C27H24N2O7/c1-3-14-36-21-12-10-17(11-13-21)24-23(25(30)18-6-4-8-20(15-18)29(33)34)26(31)27(32)28(24)19-7-5-9-22(16-19)35-2/h4-13,15-16,24,30H,3,14H2,1-2H3/b25-23-. The maximum atomic E-state index is 13.3. The van der Waals surface area contributed by atoms with E-state index in [2.05, 4.69) is 0 Å². The van der Waals surface area contributed by atoms with Gasteiger partial charge in [-0.2, -0.15) is 0 Å². The molecule has 9 heteroatoms. The Morgan fingerprint density at radius 2 is 1.75 bits per heavy atom. The molecule has 1 aliphatic heterocycles. The summed E-state index contributed by atoms with van der Waals surface area (Å²) in [6, 6.07) is 17.9. The molecule has 184 valence electrons. The van der Waals surface area contributed by atoms with Gasteiger partial charge in [0.15, 0.2) is 0 Å². The molecule has 1 N–H and O–H groups in total. The van der Waals surface area contributed by atoms with Crippen LogP contribution in [-0.2, 0) is 9.59 Å². The summed E-state index contributed by atoms with van der Waals surface area (Å²) in [5.74, 6) is -1.14. The number of aliphatic hydroxyl groups is 1. The summed E-state index contributed by atoms with van der Waals surface area (Å²) in [5, 5.41) is 22.4. The van der Waals surface area contributed by atoms with Gasteiger partial charge >= 0.3 is 0 Å². The van der Waals surface area contributed by atoms with Gasteiger partial charge in [0.1, 0.15) is 17.3 Å². The zero-order chi connectivity index (χ0) is 25.8. The van der Waals surface area contributed by atoms with Crippen LogP contribution in [-0.4, -0.2) is 35.4 Å². The van der Waals surface area contributed by atoms with Crippen molar-refractivity contribution in [3.63, 3.8) is 0 Å². The van der Waals surface area contributed by atoms with Gasteiger partial charge < -0.3 is 14.6 Å². The van der Waals surface area contributed by atoms with E-state index in [0.717, 1.165) is 12.5 Å². The Balaban J connectivity index is 1.89. The van der Waals surface area contributed by atoms with Crippen LogP contribution in [0.3, 0.4) is 0 Å². The number of amides is 1. The zero-order valence-electron chi connectivity index (χ0n) is 19.7. The molecule has 3 aromatic rings. The molecule has 0 radical (unpaired) electrons. The number of carbonyl (C=O) groups excluding carboxylic acids is 2. The zero-order valence-corrected chi connectivity index (χ0v) is 19.7. The number of aliphatic hydroxyl groups excluding tert-OH is 1. The number of anilines is 1. The van der Waals surface area contributed by atoms with Crippen molar-refractivity contribution >= 4 is 28.8 Å². The first-order valence-electron chi connectivity index (χ1n) is 11.3. The van der Waals surface area contributed by atoms with Gasteiger partial charge in [-0.25, -0.2) is 0 Å². The highest BCUT2D eigenvalue weighted by Crippen LogP contribution is 2.43. The molecule has 36 heavy (non-hydrogen) atoms. The highest BCUT2D eigenvalue weighted by Gasteiger charge is 2.47. The lowest BCUT2D eigenvalue weighted by molar-refractivity contribution is -0.384. The molecule has 9 nitrogen and oxygen atoms in total. The van der Waals surface area contributed by atoms with E-state index in [0.29, 0.717) is 29.4 Å². The number of carbonyl (C=O) groups is 2. The average Bonchev–Trinajstić information content (AvgIpc) is 3.17. The van der Waals surface area contributed by atoms with Crippen LogP contribution < -0.4 is 14.4 Å². The molecule has 0 saturated carbocycles. The van der Waals surface area contributed by atoms with E-state index in [1.165, 1.54) is 30.2 Å². The number of nitro groups is 1. The molecule has 1 amide bonds. The van der Waals surface area contributed by atoms with Crippen LogP contribution in [0, 0.1) is 10.1 Å². The number of nitro benzene ring substituents is 1. The molecular formula is C27H24N2O7. The first kappa shape index (κ1) is 24.5. The summed E-state index contributed by atoms with van der Waals surface area (Å²) in [7, 11) is 1.49. The third-order valence-corrected chi connectivity index (χ3v) is 5.78. The summed E-state index contributed by atoms with van der Waals surface area (Å²) < 4.78 is 10.9. The Kier molecular flexibility index (Phi) is 7.00. The highest BCUT2D eigenvalue weighted by atomic mass is 16.6. The number of benzene rings is 3. The van der Waals surface area contributed by atoms with Gasteiger partial charge in [-0.3, -0.25) is 24.6 Å². The summed E-state index contributed by atoms with van der Waals surface area (Å²) in [5.41, 5.74) is 0.569. The molecular weight excluding hydrogens is 464 g/mol. The van der Waals surface area contributed by atoms with Gasteiger partial charge in [-0.15, -0.1) is 0 Å². The highest BCUT2D eigenvalue weighted by molar-refractivity contribution is 6.51. The Bertz CT molecular complexity index is 1350. The molecule has 3 aromatic carbocycles. The summed E-state index contributed by atoms with van der Waals surface area (Å²) in [6.45, 7) is 2.53. The van der Waals surface area contributed by atoms with Crippen LogP contribution in [0.2, 0.25) is 0 Å². The Labute approximate surface area is 207 Å². The lowest BCUT2D eigenvalue weighted by Crippen LogP contribution is -2.29. The van der Waals surface area contributed by atoms with E-state index in [4.69, 9.17) is 9.47 Å². The van der Waals surface area contributed by atoms with E-state index in [9.17, 15) is 24.8 Å². The topological polar surface area (TPSA) is 119 Å². The van der Waals surface area contributed by atoms with E-state index in [1.54, 1.807) is 48.5 Å². The van der Waals surface area contributed by atoms with Gasteiger partial charge in [0.2, 0.25) is 0 Å². The van der Waals surface area contributed by atoms with Crippen molar-refractivity contribution in [1.82, 2.24) is 0 Å². The second-order valence-electron chi connectivity index (χ2n) is 8.10. The maximum Gasteiger partial charge on any atom is 0.300 e. The number of methoxy groups -OCH3 is 1. The number of ether oxygens (including phenoxy) is 2. The minimum atomic E-state index is -0.989. The fourth-order valence-corrected chi connectivity index (χ4v) is 4.06. The number of nitrogens with zero attached hydrogens (tertiary/aromatic N) is 2. The normalized spacial score (nSPS) is 16.7. The molecule has 0 spiro atoms. The van der Waals surface area contributed by atoms with Gasteiger partial charge in [-0.05, 0) is 36.2 Å².